The van der Waals surface area contributed by atoms with Crippen molar-refractivity contribution in [2.45, 2.75) is 43.5 Å². The number of hydrogen-bond donors (Lipinski definition) is 1. The van der Waals surface area contributed by atoms with Crippen LogP contribution in [0.3, 0.4) is 0 Å². The molecule has 2 rings (SSSR count). The molecule has 7 heteroatoms. The van der Waals surface area contributed by atoms with Crippen molar-refractivity contribution < 1.29 is 13.2 Å². The number of rotatable bonds is 6. The molecule has 0 bridgehead atoms. The molecule has 1 aromatic heterocycles. The maximum absolute atomic E-state index is 12.7. The van der Waals surface area contributed by atoms with E-state index < -0.39 is 10.0 Å². The minimum Gasteiger partial charge on any atom is -0.380 e. The predicted octanol–water partition coefficient (Wildman–Crippen LogP) is 1.97. The second kappa shape index (κ2) is 7.19. The minimum atomic E-state index is -3.39. The molecule has 120 valence electrons. The third-order valence-corrected chi connectivity index (χ3v) is 7.35. The normalized spacial score (nSPS) is 20.8. The second-order valence-electron chi connectivity index (χ2n) is 5.31. The van der Waals surface area contributed by atoms with Crippen LogP contribution in [-0.2, 0) is 21.3 Å². The Morgan fingerprint density at radius 2 is 2.29 bits per heavy atom. The zero-order valence-corrected chi connectivity index (χ0v) is 14.5. The lowest BCUT2D eigenvalue weighted by molar-refractivity contribution is 0.0572. The molecule has 1 saturated heterocycles. The van der Waals surface area contributed by atoms with Gasteiger partial charge >= 0.3 is 0 Å². The molecular formula is C14H24N2O3S2. The fourth-order valence-corrected chi connectivity index (χ4v) is 5.70. The monoisotopic (exact) mass is 332 g/mol. The van der Waals surface area contributed by atoms with Crippen molar-refractivity contribution in [2.75, 3.05) is 26.7 Å². The molecule has 1 unspecified atom stereocenters. The van der Waals surface area contributed by atoms with Crippen molar-refractivity contribution in [3.05, 3.63) is 16.5 Å². The number of ether oxygens (including phenoxy) is 1. The van der Waals surface area contributed by atoms with E-state index in [1.165, 1.54) is 11.3 Å². The summed E-state index contributed by atoms with van der Waals surface area (Å²) < 4.78 is 32.8. The zero-order chi connectivity index (χ0) is 15.5. The molecule has 1 N–H and O–H groups in total. The van der Waals surface area contributed by atoms with E-state index in [-0.39, 0.29) is 6.10 Å². The number of methoxy groups -OCH3 is 1. The highest BCUT2D eigenvalue weighted by Gasteiger charge is 2.31. The number of piperidine rings is 1. The molecule has 0 saturated carbocycles. The third-order valence-electron chi connectivity index (χ3n) is 3.80. The topological polar surface area (TPSA) is 58.6 Å². The van der Waals surface area contributed by atoms with Crippen molar-refractivity contribution in [1.82, 2.24) is 9.62 Å². The van der Waals surface area contributed by atoms with E-state index in [9.17, 15) is 8.42 Å². The molecule has 0 spiro atoms. The molecule has 21 heavy (non-hydrogen) atoms. The van der Waals surface area contributed by atoms with Crippen LogP contribution in [-0.4, -0.2) is 45.6 Å². The van der Waals surface area contributed by atoms with Gasteiger partial charge in [0.1, 0.15) is 4.21 Å². The lowest BCUT2D eigenvalue weighted by Gasteiger charge is -2.30. The van der Waals surface area contributed by atoms with Crippen molar-refractivity contribution >= 4 is 21.4 Å². The Balaban J connectivity index is 2.19. The maximum atomic E-state index is 12.7. The summed E-state index contributed by atoms with van der Waals surface area (Å²) in [7, 11) is -1.74. The summed E-state index contributed by atoms with van der Waals surface area (Å²) >= 11 is 1.38. The van der Waals surface area contributed by atoms with Gasteiger partial charge in [-0.3, -0.25) is 0 Å². The fraction of sp³-hybridized carbons (Fsp3) is 0.714. The van der Waals surface area contributed by atoms with Gasteiger partial charge in [0.05, 0.1) is 6.10 Å². The van der Waals surface area contributed by atoms with Crippen LogP contribution in [0.15, 0.2) is 10.3 Å². The highest BCUT2D eigenvalue weighted by Crippen LogP contribution is 2.30. The second-order valence-corrected chi connectivity index (χ2v) is 8.62. The summed E-state index contributed by atoms with van der Waals surface area (Å²) in [5.41, 5.74) is 1.04. The first-order valence-corrected chi connectivity index (χ1v) is 9.57. The lowest BCUT2D eigenvalue weighted by Crippen LogP contribution is -2.42. The van der Waals surface area contributed by atoms with Crippen molar-refractivity contribution in [3.63, 3.8) is 0 Å². The number of nitrogens with one attached hydrogen (secondary N) is 1. The number of aryl methyl sites for hydroxylation is 1. The van der Waals surface area contributed by atoms with Crippen molar-refractivity contribution in [3.8, 4) is 0 Å². The van der Waals surface area contributed by atoms with Crippen LogP contribution in [0.1, 0.15) is 30.2 Å². The molecule has 0 aromatic carbocycles. The predicted molar refractivity (Wildman–Crippen MR) is 85.2 cm³/mol. The zero-order valence-electron chi connectivity index (χ0n) is 12.9. The maximum Gasteiger partial charge on any atom is 0.252 e. The first kappa shape index (κ1) is 16.9. The highest BCUT2D eigenvalue weighted by atomic mass is 32.2. The number of sulfonamides is 1. The molecule has 0 aliphatic carbocycles. The van der Waals surface area contributed by atoms with Gasteiger partial charge in [0, 0.05) is 31.6 Å². The summed E-state index contributed by atoms with van der Waals surface area (Å²) in [6.45, 7) is 6.65. The van der Waals surface area contributed by atoms with Gasteiger partial charge in [-0.2, -0.15) is 4.31 Å². The van der Waals surface area contributed by atoms with Gasteiger partial charge in [-0.1, -0.05) is 6.92 Å². The van der Waals surface area contributed by atoms with Crippen LogP contribution in [0.5, 0.6) is 0 Å². The first-order chi connectivity index (χ1) is 9.98. The molecule has 0 amide bonds. The molecule has 1 atom stereocenters. The van der Waals surface area contributed by atoms with Gasteiger partial charge in [-0.05, 0) is 37.9 Å². The van der Waals surface area contributed by atoms with E-state index in [0.29, 0.717) is 17.3 Å². The largest absolute Gasteiger partial charge is 0.380 e. The molecular weight excluding hydrogens is 308 g/mol. The van der Waals surface area contributed by atoms with Gasteiger partial charge < -0.3 is 10.1 Å². The molecule has 5 nitrogen and oxygen atoms in total. The average Bonchev–Trinajstić information content (AvgIpc) is 2.87. The van der Waals surface area contributed by atoms with Crippen molar-refractivity contribution in [2.24, 2.45) is 0 Å². The summed E-state index contributed by atoms with van der Waals surface area (Å²) in [6.07, 6.45) is 1.79. The SMILES string of the molecule is CCNCc1sc(S(=O)(=O)N2CCCC(OC)C2)cc1C. The number of hydrogen-bond acceptors (Lipinski definition) is 5. The van der Waals surface area contributed by atoms with E-state index in [1.807, 2.05) is 13.8 Å². The lowest BCUT2D eigenvalue weighted by atomic mass is 10.1. The van der Waals surface area contributed by atoms with Crippen LogP contribution in [0.4, 0.5) is 0 Å². The molecule has 1 aromatic rings. The Kier molecular flexibility index (Phi) is 5.79. The van der Waals surface area contributed by atoms with Crippen LogP contribution in [0, 0.1) is 6.92 Å². The van der Waals surface area contributed by atoms with E-state index in [2.05, 4.69) is 5.32 Å². The molecule has 2 heterocycles. The summed E-state index contributed by atoms with van der Waals surface area (Å²) in [6, 6.07) is 1.79. The number of nitrogens with zero attached hydrogens (tertiary/aromatic N) is 1. The third kappa shape index (κ3) is 3.84. The standard InChI is InChI=1S/C14H24N2O3S2/c1-4-15-9-13-11(2)8-14(20-13)21(17,18)16-7-5-6-12(10-16)19-3/h8,12,15H,4-7,9-10H2,1-3H3. The Labute approximate surface area is 131 Å². The Morgan fingerprint density at radius 3 is 2.95 bits per heavy atom. The molecule has 1 aliphatic heterocycles. The average molecular weight is 332 g/mol. The summed E-state index contributed by atoms with van der Waals surface area (Å²) in [5, 5.41) is 3.25. The first-order valence-electron chi connectivity index (χ1n) is 7.32. The van der Waals surface area contributed by atoms with E-state index in [1.54, 1.807) is 17.5 Å². The van der Waals surface area contributed by atoms with Crippen LogP contribution in [0.25, 0.3) is 0 Å². The smallest absolute Gasteiger partial charge is 0.252 e. The van der Waals surface area contributed by atoms with Crippen LogP contribution >= 0.6 is 11.3 Å². The van der Waals surface area contributed by atoms with Gasteiger partial charge in [0.15, 0.2) is 0 Å². The summed E-state index contributed by atoms with van der Waals surface area (Å²) in [4.78, 5) is 1.09. The van der Waals surface area contributed by atoms with Crippen LogP contribution in [0.2, 0.25) is 0 Å². The van der Waals surface area contributed by atoms with Crippen LogP contribution < -0.4 is 5.32 Å². The van der Waals surface area contributed by atoms with E-state index in [0.717, 1.165) is 36.4 Å². The highest BCUT2D eigenvalue weighted by molar-refractivity contribution is 7.91. The number of thiophene rings is 1. The molecule has 1 fully saturated rings. The van der Waals surface area contributed by atoms with Gasteiger partial charge in [-0.25, -0.2) is 8.42 Å². The minimum absolute atomic E-state index is 0.0100. The summed E-state index contributed by atoms with van der Waals surface area (Å²) in [5.74, 6) is 0. The van der Waals surface area contributed by atoms with Gasteiger partial charge in [-0.15, -0.1) is 11.3 Å². The molecule has 1 aliphatic rings. The molecule has 0 radical (unpaired) electrons. The fourth-order valence-electron chi connectivity index (χ4n) is 2.47. The van der Waals surface area contributed by atoms with E-state index >= 15 is 0 Å². The van der Waals surface area contributed by atoms with Gasteiger partial charge in [0.25, 0.3) is 10.0 Å². The Morgan fingerprint density at radius 1 is 1.52 bits per heavy atom. The Hall–Kier alpha value is -0.470. The quantitative estimate of drug-likeness (QED) is 0.865. The Bertz CT molecular complexity index is 569. The van der Waals surface area contributed by atoms with Gasteiger partial charge in [0.2, 0.25) is 0 Å². The van der Waals surface area contributed by atoms with Crippen molar-refractivity contribution in [1.29, 1.82) is 0 Å². The van der Waals surface area contributed by atoms with E-state index in [4.69, 9.17) is 4.74 Å².